The third-order valence-electron chi connectivity index (χ3n) is 5.47. The third-order valence-corrected chi connectivity index (χ3v) is 7.26. The highest BCUT2D eigenvalue weighted by atomic mass is 79.9. The SMILES string of the molecule is N#C/C(C(=O)NCCc1ccccc1)=C1/SC(Cc2ccc(F)cc2)C(=O)N1c1ccc(Br)cc1. The van der Waals surface area contributed by atoms with Gasteiger partial charge in [0.25, 0.3) is 5.91 Å². The second kappa shape index (κ2) is 11.3. The minimum atomic E-state index is -0.556. The van der Waals surface area contributed by atoms with Crippen LogP contribution < -0.4 is 10.2 Å². The van der Waals surface area contributed by atoms with Crippen LogP contribution in [-0.2, 0) is 22.4 Å². The van der Waals surface area contributed by atoms with Crippen LogP contribution in [0, 0.1) is 17.1 Å². The molecule has 1 aliphatic rings. The van der Waals surface area contributed by atoms with Gasteiger partial charge in [0.2, 0.25) is 5.91 Å². The number of thioether (sulfide) groups is 1. The van der Waals surface area contributed by atoms with Crippen LogP contribution in [0.2, 0.25) is 0 Å². The number of halogens is 2. The molecule has 3 aromatic carbocycles. The zero-order valence-corrected chi connectivity index (χ0v) is 21.0. The van der Waals surface area contributed by atoms with Gasteiger partial charge in [0.15, 0.2) is 0 Å². The number of carbonyl (C=O) groups is 2. The number of amides is 2. The lowest BCUT2D eigenvalue weighted by molar-refractivity contribution is -0.117. The Labute approximate surface area is 215 Å². The Kier molecular flexibility index (Phi) is 8.01. The molecule has 176 valence electrons. The van der Waals surface area contributed by atoms with Crippen LogP contribution in [-0.4, -0.2) is 23.6 Å². The molecule has 0 spiro atoms. The first kappa shape index (κ1) is 24.7. The van der Waals surface area contributed by atoms with E-state index < -0.39 is 11.2 Å². The van der Waals surface area contributed by atoms with Crippen LogP contribution >= 0.6 is 27.7 Å². The number of nitriles is 1. The van der Waals surface area contributed by atoms with Crippen LogP contribution in [0.5, 0.6) is 0 Å². The first-order valence-electron chi connectivity index (χ1n) is 10.9. The highest BCUT2D eigenvalue weighted by Crippen LogP contribution is 2.42. The van der Waals surface area contributed by atoms with E-state index in [2.05, 4.69) is 21.2 Å². The van der Waals surface area contributed by atoms with Gasteiger partial charge < -0.3 is 5.32 Å². The summed E-state index contributed by atoms with van der Waals surface area (Å²) >= 11 is 4.57. The van der Waals surface area contributed by atoms with Crippen LogP contribution in [0.1, 0.15) is 11.1 Å². The molecule has 2 amide bonds. The number of carbonyl (C=O) groups excluding carboxylic acids is 2. The van der Waals surface area contributed by atoms with Crippen molar-refractivity contribution in [1.29, 1.82) is 5.26 Å². The Bertz CT molecular complexity index is 1290. The Morgan fingerprint density at radius 3 is 2.37 bits per heavy atom. The highest BCUT2D eigenvalue weighted by molar-refractivity contribution is 9.10. The molecule has 3 aromatic rings. The minimum Gasteiger partial charge on any atom is -0.351 e. The standard InChI is InChI=1S/C27H21BrFN3O2S/c28-20-8-12-22(13-9-20)32-26(34)24(16-19-6-10-21(29)11-7-19)35-27(32)23(17-30)25(33)31-15-14-18-4-2-1-3-5-18/h1-13,24H,14-16H2,(H,31,33)/b27-23-. The van der Waals surface area contributed by atoms with E-state index in [1.807, 2.05) is 36.4 Å². The first-order valence-corrected chi connectivity index (χ1v) is 12.6. The Balaban J connectivity index is 1.61. The molecule has 1 atom stereocenters. The number of hydrogen-bond donors (Lipinski definition) is 1. The van der Waals surface area contributed by atoms with Crippen LogP contribution in [0.3, 0.4) is 0 Å². The number of benzene rings is 3. The van der Waals surface area contributed by atoms with Gasteiger partial charge in [-0.15, -0.1) is 0 Å². The fourth-order valence-corrected chi connectivity index (χ4v) is 5.27. The van der Waals surface area contributed by atoms with Crippen molar-refractivity contribution >= 4 is 45.2 Å². The van der Waals surface area contributed by atoms with Gasteiger partial charge in [0.05, 0.1) is 5.25 Å². The average molecular weight is 550 g/mol. The fourth-order valence-electron chi connectivity index (χ4n) is 3.70. The number of rotatable bonds is 7. The molecule has 0 aromatic heterocycles. The summed E-state index contributed by atoms with van der Waals surface area (Å²) in [6.45, 7) is 0.358. The van der Waals surface area contributed by atoms with Crippen LogP contribution in [0.25, 0.3) is 0 Å². The maximum absolute atomic E-state index is 13.5. The summed E-state index contributed by atoms with van der Waals surface area (Å²) in [4.78, 5) is 27.9. The molecule has 8 heteroatoms. The number of hydrogen-bond acceptors (Lipinski definition) is 4. The summed E-state index contributed by atoms with van der Waals surface area (Å²) in [5, 5.41) is 12.5. The van der Waals surface area contributed by atoms with Crippen molar-refractivity contribution in [2.75, 3.05) is 11.4 Å². The van der Waals surface area contributed by atoms with E-state index in [1.165, 1.54) is 28.8 Å². The van der Waals surface area contributed by atoms with E-state index in [-0.39, 0.29) is 17.3 Å². The van der Waals surface area contributed by atoms with Crippen molar-refractivity contribution in [3.8, 4) is 6.07 Å². The molecular formula is C27H21BrFN3O2S. The average Bonchev–Trinajstić information content (AvgIpc) is 3.17. The van der Waals surface area contributed by atoms with Crippen LogP contribution in [0.4, 0.5) is 10.1 Å². The molecule has 1 saturated heterocycles. The normalized spacial score (nSPS) is 16.7. The first-order chi connectivity index (χ1) is 17.0. The van der Waals surface area contributed by atoms with E-state index >= 15 is 0 Å². The summed E-state index contributed by atoms with van der Waals surface area (Å²) in [6.07, 6.45) is 0.963. The van der Waals surface area contributed by atoms with Crippen molar-refractivity contribution in [1.82, 2.24) is 5.32 Å². The van der Waals surface area contributed by atoms with Gasteiger partial charge in [-0.05, 0) is 60.4 Å². The lowest BCUT2D eigenvalue weighted by atomic mass is 10.1. The van der Waals surface area contributed by atoms with Crippen molar-refractivity contribution in [2.24, 2.45) is 0 Å². The Morgan fingerprint density at radius 2 is 1.71 bits per heavy atom. The van der Waals surface area contributed by atoms with Gasteiger partial charge in [-0.25, -0.2) is 4.39 Å². The van der Waals surface area contributed by atoms with E-state index in [0.717, 1.165) is 15.6 Å². The largest absolute Gasteiger partial charge is 0.351 e. The van der Waals surface area contributed by atoms with Crippen molar-refractivity contribution in [3.63, 3.8) is 0 Å². The molecule has 1 N–H and O–H groups in total. The topological polar surface area (TPSA) is 73.2 Å². The van der Waals surface area contributed by atoms with Crippen molar-refractivity contribution < 1.29 is 14.0 Å². The molecule has 4 rings (SSSR count). The van der Waals surface area contributed by atoms with Gasteiger partial charge in [0.1, 0.15) is 22.5 Å². The maximum Gasteiger partial charge on any atom is 0.264 e. The fraction of sp³-hybridized carbons (Fsp3) is 0.148. The molecule has 0 radical (unpaired) electrons. The monoisotopic (exact) mass is 549 g/mol. The Hall–Kier alpha value is -3.41. The summed E-state index contributed by atoms with van der Waals surface area (Å²) < 4.78 is 14.2. The molecule has 35 heavy (non-hydrogen) atoms. The van der Waals surface area contributed by atoms with Gasteiger partial charge in [0, 0.05) is 16.7 Å². The summed E-state index contributed by atoms with van der Waals surface area (Å²) in [5.41, 5.74) is 2.31. The molecule has 0 aliphatic carbocycles. The zero-order valence-electron chi connectivity index (χ0n) is 18.6. The number of anilines is 1. The van der Waals surface area contributed by atoms with Crippen molar-refractivity contribution in [3.05, 3.63) is 111 Å². The molecule has 5 nitrogen and oxygen atoms in total. The van der Waals surface area contributed by atoms with Crippen LogP contribution in [0.15, 0.2) is 93.9 Å². The van der Waals surface area contributed by atoms with E-state index in [9.17, 15) is 19.2 Å². The third kappa shape index (κ3) is 5.99. The van der Waals surface area contributed by atoms with Gasteiger partial charge >= 0.3 is 0 Å². The summed E-state index contributed by atoms with van der Waals surface area (Å²) in [5.74, 6) is -1.11. The zero-order chi connectivity index (χ0) is 24.8. The smallest absolute Gasteiger partial charge is 0.264 e. The molecular weight excluding hydrogens is 529 g/mol. The van der Waals surface area contributed by atoms with Gasteiger partial charge in [-0.1, -0.05) is 70.2 Å². The second-order valence-corrected chi connectivity index (χ2v) is 9.98. The van der Waals surface area contributed by atoms with E-state index in [1.54, 1.807) is 36.4 Å². The lowest BCUT2D eigenvalue weighted by Crippen LogP contribution is -2.32. The predicted molar refractivity (Wildman–Crippen MR) is 139 cm³/mol. The van der Waals surface area contributed by atoms with Crippen molar-refractivity contribution in [2.45, 2.75) is 18.1 Å². The molecule has 1 fully saturated rings. The summed E-state index contributed by atoms with van der Waals surface area (Å²) in [7, 11) is 0. The maximum atomic E-state index is 13.5. The minimum absolute atomic E-state index is 0.110. The van der Waals surface area contributed by atoms with Gasteiger partial charge in [-0.2, -0.15) is 5.26 Å². The molecule has 0 bridgehead atoms. The Morgan fingerprint density at radius 1 is 1.03 bits per heavy atom. The van der Waals surface area contributed by atoms with Gasteiger partial charge in [-0.3, -0.25) is 14.5 Å². The van der Waals surface area contributed by atoms with E-state index in [4.69, 9.17) is 0 Å². The molecule has 1 heterocycles. The quantitative estimate of drug-likeness (QED) is 0.317. The highest BCUT2D eigenvalue weighted by Gasteiger charge is 2.40. The molecule has 1 aliphatic heterocycles. The number of nitrogens with zero attached hydrogens (tertiary/aromatic N) is 2. The second-order valence-electron chi connectivity index (χ2n) is 7.87. The predicted octanol–water partition coefficient (Wildman–Crippen LogP) is 5.37. The lowest BCUT2D eigenvalue weighted by Gasteiger charge is -2.19. The van der Waals surface area contributed by atoms with E-state index in [0.29, 0.717) is 30.1 Å². The molecule has 1 unspecified atom stereocenters. The molecule has 0 saturated carbocycles. The number of nitrogens with one attached hydrogen (secondary N) is 1. The summed E-state index contributed by atoms with van der Waals surface area (Å²) in [6, 6.07) is 24.8.